The molecule has 0 heteroatoms. The maximum Gasteiger partial charge on any atom is 0.0374 e. The van der Waals surface area contributed by atoms with E-state index in [2.05, 4.69) is 87.6 Å². The highest BCUT2D eigenvalue weighted by molar-refractivity contribution is 5.49. The van der Waals surface area contributed by atoms with Gasteiger partial charge in [-0.3, -0.25) is 0 Å². The van der Waals surface area contributed by atoms with Gasteiger partial charge in [-0.25, -0.2) is 0 Å². The Kier molecular flexibility index (Phi) is 6.65. The molecule has 1 aliphatic carbocycles. The van der Waals surface area contributed by atoms with Crippen molar-refractivity contribution in [3.63, 3.8) is 0 Å². The SMILES string of the molecule is C/C=C\C=C(/C)C(CCCC)(C1=CC=CCC1)c1ccccc1. The maximum absolute atomic E-state index is 2.36. The number of unbranched alkanes of at least 4 members (excludes halogenated alkanes) is 1. The van der Waals surface area contributed by atoms with Crippen LogP contribution < -0.4 is 0 Å². The zero-order valence-corrected chi connectivity index (χ0v) is 14.9. The Morgan fingerprint density at radius 2 is 2.00 bits per heavy atom. The lowest BCUT2D eigenvalue weighted by molar-refractivity contribution is 0.491. The fraction of sp³-hybridized carbons (Fsp3) is 0.391. The number of hydrogen-bond donors (Lipinski definition) is 0. The van der Waals surface area contributed by atoms with E-state index in [9.17, 15) is 0 Å². The third kappa shape index (κ3) is 3.93. The molecule has 1 aromatic rings. The van der Waals surface area contributed by atoms with Gasteiger partial charge >= 0.3 is 0 Å². The van der Waals surface area contributed by atoms with Crippen LogP contribution in [-0.2, 0) is 5.41 Å². The Hall–Kier alpha value is -1.82. The normalized spacial score (nSPS) is 18.0. The smallest absolute Gasteiger partial charge is 0.0374 e. The van der Waals surface area contributed by atoms with Crippen molar-refractivity contribution >= 4 is 0 Å². The molecule has 1 aliphatic rings. The van der Waals surface area contributed by atoms with Crippen molar-refractivity contribution < 1.29 is 0 Å². The second-order valence-corrected chi connectivity index (χ2v) is 6.41. The molecule has 23 heavy (non-hydrogen) atoms. The Bertz CT molecular complexity index is 598. The molecule has 2 rings (SSSR count). The second-order valence-electron chi connectivity index (χ2n) is 6.41. The van der Waals surface area contributed by atoms with Gasteiger partial charge in [-0.15, -0.1) is 0 Å². The molecular formula is C23H30. The molecule has 0 aromatic heterocycles. The Morgan fingerprint density at radius 3 is 2.61 bits per heavy atom. The van der Waals surface area contributed by atoms with Gasteiger partial charge in [0.1, 0.15) is 0 Å². The first-order chi connectivity index (χ1) is 11.3. The molecule has 0 heterocycles. The van der Waals surface area contributed by atoms with E-state index < -0.39 is 0 Å². The molecule has 0 amide bonds. The first-order valence-electron chi connectivity index (χ1n) is 8.97. The van der Waals surface area contributed by atoms with Crippen LogP contribution in [0.3, 0.4) is 0 Å². The summed E-state index contributed by atoms with van der Waals surface area (Å²) in [6, 6.07) is 11.1. The molecule has 0 radical (unpaired) electrons. The predicted molar refractivity (Wildman–Crippen MR) is 103 cm³/mol. The lowest BCUT2D eigenvalue weighted by Crippen LogP contribution is -2.31. The van der Waals surface area contributed by atoms with Gasteiger partial charge in [-0.05, 0) is 38.7 Å². The van der Waals surface area contributed by atoms with E-state index in [0.29, 0.717) is 0 Å². The van der Waals surface area contributed by atoms with Crippen molar-refractivity contribution in [1.82, 2.24) is 0 Å². The van der Waals surface area contributed by atoms with E-state index in [4.69, 9.17) is 0 Å². The van der Waals surface area contributed by atoms with E-state index in [-0.39, 0.29) is 5.41 Å². The maximum atomic E-state index is 2.36. The zero-order valence-electron chi connectivity index (χ0n) is 14.9. The van der Waals surface area contributed by atoms with E-state index >= 15 is 0 Å². The molecule has 0 aliphatic heterocycles. The molecule has 0 bridgehead atoms. The lowest BCUT2D eigenvalue weighted by atomic mass is 9.64. The average molecular weight is 306 g/mol. The Balaban J connectivity index is 2.62. The molecular weight excluding hydrogens is 276 g/mol. The van der Waals surface area contributed by atoms with Crippen LogP contribution in [0.4, 0.5) is 0 Å². The summed E-state index contributed by atoms with van der Waals surface area (Å²) in [6.07, 6.45) is 19.5. The van der Waals surface area contributed by atoms with Crippen molar-refractivity contribution in [2.45, 2.75) is 58.3 Å². The standard InChI is InChI=1S/C23H30/c1-4-6-14-20(3)23(19-7-5-2,21-15-10-8-11-16-21)22-17-12-9-13-18-22/h4,6,8-12,14-17H,5,7,13,18-19H2,1-3H3/b6-4-,20-14+. The van der Waals surface area contributed by atoms with Crippen molar-refractivity contribution in [1.29, 1.82) is 0 Å². The van der Waals surface area contributed by atoms with Crippen LogP contribution in [0.25, 0.3) is 0 Å². The van der Waals surface area contributed by atoms with Gasteiger partial charge in [0.25, 0.3) is 0 Å². The molecule has 0 saturated heterocycles. The minimum atomic E-state index is 0.0432. The third-order valence-corrected chi connectivity index (χ3v) is 4.95. The predicted octanol–water partition coefficient (Wildman–Crippen LogP) is 6.91. The highest BCUT2D eigenvalue weighted by Gasteiger charge is 2.36. The number of allylic oxidation sites excluding steroid dienone is 8. The summed E-state index contributed by atoms with van der Waals surface area (Å²) >= 11 is 0. The fourth-order valence-electron chi connectivity index (χ4n) is 3.67. The number of rotatable bonds is 7. The molecule has 122 valence electrons. The van der Waals surface area contributed by atoms with E-state index in [1.807, 2.05) is 0 Å². The quantitative estimate of drug-likeness (QED) is 0.480. The molecule has 1 atom stereocenters. The minimum Gasteiger partial charge on any atom is -0.0877 e. The highest BCUT2D eigenvalue weighted by Crippen LogP contribution is 2.46. The van der Waals surface area contributed by atoms with Crippen molar-refractivity contribution in [2.75, 3.05) is 0 Å². The van der Waals surface area contributed by atoms with Crippen LogP contribution in [0, 0.1) is 0 Å². The second kappa shape index (κ2) is 8.72. The summed E-state index contributed by atoms with van der Waals surface area (Å²) < 4.78 is 0. The van der Waals surface area contributed by atoms with Gasteiger partial charge in [-0.2, -0.15) is 0 Å². The van der Waals surface area contributed by atoms with Crippen molar-refractivity contribution in [2.24, 2.45) is 0 Å². The fourth-order valence-corrected chi connectivity index (χ4v) is 3.67. The van der Waals surface area contributed by atoms with Gasteiger partial charge in [0, 0.05) is 5.41 Å². The van der Waals surface area contributed by atoms with Gasteiger partial charge in [0.15, 0.2) is 0 Å². The lowest BCUT2D eigenvalue weighted by Gasteiger charge is -2.39. The summed E-state index contributed by atoms with van der Waals surface area (Å²) in [4.78, 5) is 0. The summed E-state index contributed by atoms with van der Waals surface area (Å²) in [5, 5.41) is 0. The van der Waals surface area contributed by atoms with E-state index in [1.165, 1.54) is 30.4 Å². The van der Waals surface area contributed by atoms with Gasteiger partial charge in [0.2, 0.25) is 0 Å². The van der Waals surface area contributed by atoms with Gasteiger partial charge < -0.3 is 0 Å². The largest absolute Gasteiger partial charge is 0.0877 e. The molecule has 1 aromatic carbocycles. The summed E-state index contributed by atoms with van der Waals surface area (Å²) in [5.41, 5.74) is 4.50. The zero-order chi connectivity index (χ0) is 16.5. The number of hydrogen-bond acceptors (Lipinski definition) is 0. The Morgan fingerprint density at radius 1 is 1.22 bits per heavy atom. The molecule has 0 nitrogen and oxygen atoms in total. The van der Waals surface area contributed by atoms with E-state index in [0.717, 1.165) is 12.8 Å². The molecule has 0 saturated carbocycles. The van der Waals surface area contributed by atoms with Crippen LogP contribution in [0.5, 0.6) is 0 Å². The van der Waals surface area contributed by atoms with Crippen molar-refractivity contribution in [3.05, 3.63) is 83.5 Å². The molecule has 0 N–H and O–H groups in total. The monoisotopic (exact) mass is 306 g/mol. The highest BCUT2D eigenvalue weighted by atomic mass is 14.4. The Labute approximate surface area is 142 Å². The minimum absolute atomic E-state index is 0.0432. The van der Waals surface area contributed by atoms with Crippen LogP contribution in [0.1, 0.15) is 58.4 Å². The number of benzene rings is 1. The van der Waals surface area contributed by atoms with E-state index in [1.54, 1.807) is 5.57 Å². The molecule has 0 spiro atoms. The first-order valence-corrected chi connectivity index (χ1v) is 8.97. The first kappa shape index (κ1) is 17.5. The van der Waals surface area contributed by atoms with Gasteiger partial charge in [-0.1, -0.05) is 97.7 Å². The summed E-state index contributed by atoms with van der Waals surface area (Å²) in [5.74, 6) is 0. The van der Waals surface area contributed by atoms with Crippen LogP contribution in [-0.4, -0.2) is 0 Å². The molecule has 0 fully saturated rings. The van der Waals surface area contributed by atoms with Crippen LogP contribution >= 0.6 is 0 Å². The van der Waals surface area contributed by atoms with Gasteiger partial charge in [0.05, 0.1) is 0 Å². The molecule has 1 unspecified atom stereocenters. The topological polar surface area (TPSA) is 0 Å². The van der Waals surface area contributed by atoms with Crippen LogP contribution in [0.2, 0.25) is 0 Å². The third-order valence-electron chi connectivity index (χ3n) is 4.95. The van der Waals surface area contributed by atoms with Crippen molar-refractivity contribution in [3.8, 4) is 0 Å². The summed E-state index contributed by atoms with van der Waals surface area (Å²) in [6.45, 7) is 6.68. The van der Waals surface area contributed by atoms with Crippen LogP contribution in [0.15, 0.2) is 77.9 Å². The average Bonchev–Trinajstić information content (AvgIpc) is 2.62. The summed E-state index contributed by atoms with van der Waals surface area (Å²) in [7, 11) is 0.